The van der Waals surface area contributed by atoms with Crippen LogP contribution in [0.25, 0.3) is 0 Å². The Morgan fingerprint density at radius 3 is 2.25 bits per heavy atom. The summed E-state index contributed by atoms with van der Waals surface area (Å²) < 4.78 is 5.36. The van der Waals surface area contributed by atoms with E-state index in [4.69, 9.17) is 4.74 Å². The van der Waals surface area contributed by atoms with Crippen LogP contribution >= 0.6 is 0 Å². The first-order chi connectivity index (χ1) is 13.4. The minimum absolute atomic E-state index is 0.251. The van der Waals surface area contributed by atoms with Gasteiger partial charge in [0.05, 0.1) is 25.2 Å². The van der Waals surface area contributed by atoms with E-state index in [2.05, 4.69) is 20.6 Å². The van der Waals surface area contributed by atoms with Crippen LogP contribution in [0.2, 0.25) is 0 Å². The van der Waals surface area contributed by atoms with Crippen molar-refractivity contribution in [2.45, 2.75) is 27.7 Å². The van der Waals surface area contributed by atoms with Gasteiger partial charge in [-0.1, -0.05) is 23.8 Å². The summed E-state index contributed by atoms with van der Waals surface area (Å²) in [7, 11) is 1.62. The van der Waals surface area contributed by atoms with Crippen LogP contribution in [0.3, 0.4) is 0 Å². The number of benzene rings is 2. The molecule has 0 atom stereocenters. The molecule has 0 unspecified atom stereocenters. The molecule has 0 spiro atoms. The summed E-state index contributed by atoms with van der Waals surface area (Å²) in [5.41, 5.74) is 6.14. The topological polar surface area (TPSA) is 76.1 Å². The second kappa shape index (κ2) is 8.08. The molecule has 6 nitrogen and oxygen atoms in total. The van der Waals surface area contributed by atoms with Crippen molar-refractivity contribution in [1.29, 1.82) is 0 Å². The van der Waals surface area contributed by atoms with E-state index in [9.17, 15) is 4.79 Å². The summed E-state index contributed by atoms with van der Waals surface area (Å²) in [6.07, 6.45) is 2.99. The minimum atomic E-state index is -0.290. The van der Waals surface area contributed by atoms with E-state index >= 15 is 0 Å². The molecule has 28 heavy (non-hydrogen) atoms. The lowest BCUT2D eigenvalue weighted by molar-refractivity contribution is 0.102. The zero-order valence-corrected chi connectivity index (χ0v) is 16.8. The number of ether oxygens (including phenoxy) is 1. The number of methoxy groups -OCH3 is 1. The Balaban J connectivity index is 1.76. The highest BCUT2D eigenvalue weighted by Gasteiger charge is 2.13. The molecule has 0 saturated carbocycles. The summed E-state index contributed by atoms with van der Waals surface area (Å²) >= 11 is 0. The molecule has 6 heteroatoms. The molecule has 2 N–H and O–H groups in total. The molecule has 1 heterocycles. The van der Waals surface area contributed by atoms with Gasteiger partial charge in [-0.3, -0.25) is 4.79 Å². The highest BCUT2D eigenvalue weighted by Crippen LogP contribution is 2.27. The van der Waals surface area contributed by atoms with Crippen molar-refractivity contribution in [2.75, 3.05) is 17.7 Å². The zero-order chi connectivity index (χ0) is 20.3. The molecule has 0 aliphatic rings. The van der Waals surface area contributed by atoms with Crippen LogP contribution in [0.15, 0.2) is 42.7 Å². The van der Waals surface area contributed by atoms with E-state index in [1.54, 1.807) is 7.11 Å². The largest absolute Gasteiger partial charge is 0.495 e. The molecular formula is C22H24N4O2. The Morgan fingerprint density at radius 2 is 1.64 bits per heavy atom. The van der Waals surface area contributed by atoms with Crippen LogP contribution in [-0.4, -0.2) is 23.0 Å². The first-order valence-electron chi connectivity index (χ1n) is 9.00. The molecule has 0 aliphatic heterocycles. The van der Waals surface area contributed by atoms with Crippen molar-refractivity contribution in [2.24, 2.45) is 0 Å². The number of amides is 1. The van der Waals surface area contributed by atoms with Crippen LogP contribution < -0.4 is 15.4 Å². The number of nitrogens with one attached hydrogen (secondary N) is 2. The Kier molecular flexibility index (Phi) is 5.59. The van der Waals surface area contributed by atoms with Crippen LogP contribution in [0.1, 0.15) is 32.7 Å². The third-order valence-electron chi connectivity index (χ3n) is 4.42. The number of rotatable bonds is 5. The quantitative estimate of drug-likeness (QED) is 0.674. The maximum atomic E-state index is 12.6. The molecule has 1 amide bonds. The summed E-state index contributed by atoms with van der Waals surface area (Å²) in [5.74, 6) is 0.949. The third-order valence-corrected chi connectivity index (χ3v) is 4.42. The van der Waals surface area contributed by atoms with Crippen molar-refractivity contribution in [1.82, 2.24) is 9.97 Å². The zero-order valence-electron chi connectivity index (χ0n) is 16.8. The van der Waals surface area contributed by atoms with E-state index in [1.165, 1.54) is 12.4 Å². The second-order valence-corrected chi connectivity index (χ2v) is 6.84. The van der Waals surface area contributed by atoms with Gasteiger partial charge in [0.15, 0.2) is 0 Å². The lowest BCUT2D eigenvalue weighted by Crippen LogP contribution is -2.16. The van der Waals surface area contributed by atoms with Crippen LogP contribution in [0, 0.1) is 27.7 Å². The molecule has 0 fully saturated rings. The normalized spacial score (nSPS) is 10.5. The van der Waals surface area contributed by atoms with Crippen molar-refractivity contribution in [3.8, 4) is 5.75 Å². The number of nitrogens with zero attached hydrogens (tertiary/aromatic N) is 2. The molecule has 3 aromatic rings. The van der Waals surface area contributed by atoms with E-state index in [0.29, 0.717) is 11.6 Å². The molecule has 2 aromatic carbocycles. The average molecular weight is 376 g/mol. The van der Waals surface area contributed by atoms with Crippen LogP contribution in [0.5, 0.6) is 5.75 Å². The van der Waals surface area contributed by atoms with E-state index in [0.717, 1.165) is 33.6 Å². The summed E-state index contributed by atoms with van der Waals surface area (Å²) in [6, 6.07) is 9.90. The molecular weight excluding hydrogens is 352 g/mol. The Hall–Kier alpha value is -3.41. The molecule has 1 aromatic heterocycles. The van der Waals surface area contributed by atoms with Crippen LogP contribution in [0.4, 0.5) is 17.2 Å². The molecule has 0 saturated heterocycles. The lowest BCUT2D eigenvalue weighted by atomic mass is 10.1. The van der Waals surface area contributed by atoms with E-state index in [-0.39, 0.29) is 11.6 Å². The highest BCUT2D eigenvalue weighted by molar-refractivity contribution is 6.03. The number of carbonyl (C=O) groups excluding carboxylic acids is 1. The Morgan fingerprint density at radius 1 is 0.929 bits per heavy atom. The molecule has 3 rings (SSSR count). The lowest BCUT2D eigenvalue weighted by Gasteiger charge is -2.13. The fourth-order valence-electron chi connectivity index (χ4n) is 3.12. The van der Waals surface area contributed by atoms with Crippen molar-refractivity contribution < 1.29 is 9.53 Å². The third kappa shape index (κ3) is 4.28. The fraction of sp³-hybridized carbons (Fsp3) is 0.227. The van der Waals surface area contributed by atoms with Gasteiger partial charge in [-0.2, -0.15) is 0 Å². The van der Waals surface area contributed by atoms with Gasteiger partial charge in [-0.05, 0) is 56.5 Å². The van der Waals surface area contributed by atoms with Gasteiger partial charge in [0.1, 0.15) is 17.3 Å². The standard InChI is InChI=1S/C22H24N4O2/c1-13-6-7-19(28-5)17(10-13)25-20-12-23-18(11-24-20)22(27)26-21-15(3)8-14(2)9-16(21)4/h6-12H,1-5H3,(H,24,25)(H,26,27). The van der Waals surface area contributed by atoms with E-state index < -0.39 is 0 Å². The predicted octanol–water partition coefficient (Wildman–Crippen LogP) is 4.71. The molecule has 0 bridgehead atoms. The number of anilines is 3. The maximum Gasteiger partial charge on any atom is 0.275 e. The van der Waals surface area contributed by atoms with Gasteiger partial charge in [0, 0.05) is 5.69 Å². The summed E-state index contributed by atoms with van der Waals surface area (Å²) in [4.78, 5) is 21.1. The number of aryl methyl sites for hydroxylation is 4. The smallest absolute Gasteiger partial charge is 0.275 e. The Labute approximate surface area is 165 Å². The number of aromatic nitrogens is 2. The van der Waals surface area contributed by atoms with Gasteiger partial charge in [0.25, 0.3) is 5.91 Å². The van der Waals surface area contributed by atoms with Gasteiger partial charge < -0.3 is 15.4 Å². The summed E-state index contributed by atoms with van der Waals surface area (Å²) in [5, 5.41) is 6.11. The van der Waals surface area contributed by atoms with Gasteiger partial charge in [-0.25, -0.2) is 9.97 Å². The highest BCUT2D eigenvalue weighted by atomic mass is 16.5. The van der Waals surface area contributed by atoms with Crippen molar-refractivity contribution in [3.63, 3.8) is 0 Å². The second-order valence-electron chi connectivity index (χ2n) is 6.84. The van der Waals surface area contributed by atoms with Gasteiger partial charge in [-0.15, -0.1) is 0 Å². The van der Waals surface area contributed by atoms with Crippen molar-refractivity contribution in [3.05, 3.63) is 70.7 Å². The maximum absolute atomic E-state index is 12.6. The minimum Gasteiger partial charge on any atom is -0.495 e. The van der Waals surface area contributed by atoms with Crippen molar-refractivity contribution >= 4 is 23.1 Å². The van der Waals surface area contributed by atoms with E-state index in [1.807, 2.05) is 58.0 Å². The fourth-order valence-corrected chi connectivity index (χ4v) is 3.12. The monoisotopic (exact) mass is 376 g/mol. The predicted molar refractivity (Wildman–Crippen MR) is 112 cm³/mol. The molecule has 0 aliphatic carbocycles. The van der Waals surface area contributed by atoms with Crippen LogP contribution in [-0.2, 0) is 0 Å². The van der Waals surface area contributed by atoms with Gasteiger partial charge >= 0.3 is 0 Å². The number of hydrogen-bond donors (Lipinski definition) is 2. The first-order valence-corrected chi connectivity index (χ1v) is 9.00. The first kappa shape index (κ1) is 19.4. The SMILES string of the molecule is COc1ccc(C)cc1Nc1cnc(C(=O)Nc2c(C)cc(C)cc2C)cn1. The molecule has 144 valence electrons. The Bertz CT molecular complexity index is 991. The number of carbonyl (C=O) groups is 1. The number of hydrogen-bond acceptors (Lipinski definition) is 5. The molecule has 0 radical (unpaired) electrons. The average Bonchev–Trinajstić information content (AvgIpc) is 2.65. The van der Waals surface area contributed by atoms with Gasteiger partial charge in [0.2, 0.25) is 0 Å². The summed E-state index contributed by atoms with van der Waals surface area (Å²) in [6.45, 7) is 7.98.